The number of benzene rings is 1. The van der Waals surface area contributed by atoms with Crippen LogP contribution in [0.3, 0.4) is 0 Å². The number of hydrogen-bond acceptors (Lipinski definition) is 1. The van der Waals surface area contributed by atoms with E-state index in [0.29, 0.717) is 11.3 Å². The molecule has 1 nitrogen and oxygen atoms in total. The number of Topliss-reactive ketones (excluding diaryl/α,β-unsaturated/α-hetero) is 1. The van der Waals surface area contributed by atoms with Crippen LogP contribution in [0, 0.1) is 11.3 Å². The van der Waals surface area contributed by atoms with Crippen LogP contribution < -0.4 is 5.19 Å². The highest BCUT2D eigenvalue weighted by Crippen LogP contribution is 2.47. The Balaban J connectivity index is 2.40. The van der Waals surface area contributed by atoms with Gasteiger partial charge in [-0.25, -0.2) is 0 Å². The minimum atomic E-state index is -1.61. The Labute approximate surface area is 124 Å². The molecular weight excluding hydrogens is 260 g/mol. The Morgan fingerprint density at radius 2 is 1.70 bits per heavy atom. The SMILES string of the molecule is CC(C)(C)[C@@H]1C(=O)CCC[C@@H]1[Si](C)(C)c1ccccc1. The highest BCUT2D eigenvalue weighted by atomic mass is 28.3. The van der Waals surface area contributed by atoms with Crippen LogP contribution >= 0.6 is 0 Å². The van der Waals surface area contributed by atoms with Gasteiger partial charge in [-0.2, -0.15) is 0 Å². The van der Waals surface area contributed by atoms with E-state index in [1.54, 1.807) is 0 Å². The van der Waals surface area contributed by atoms with Crippen LogP contribution in [0.25, 0.3) is 0 Å². The molecule has 0 aliphatic heterocycles. The first-order chi connectivity index (χ1) is 9.24. The topological polar surface area (TPSA) is 17.1 Å². The molecule has 1 fully saturated rings. The van der Waals surface area contributed by atoms with Gasteiger partial charge in [-0.05, 0) is 17.4 Å². The third kappa shape index (κ3) is 2.90. The number of carbonyl (C=O) groups excluding carboxylic acids is 1. The molecule has 0 unspecified atom stereocenters. The van der Waals surface area contributed by atoms with Gasteiger partial charge in [0.1, 0.15) is 5.78 Å². The molecular formula is C18H28OSi. The van der Waals surface area contributed by atoms with Gasteiger partial charge in [0.15, 0.2) is 0 Å². The molecule has 20 heavy (non-hydrogen) atoms. The lowest BCUT2D eigenvalue weighted by atomic mass is 9.71. The number of carbonyl (C=O) groups is 1. The quantitative estimate of drug-likeness (QED) is 0.738. The average Bonchev–Trinajstić information content (AvgIpc) is 2.38. The van der Waals surface area contributed by atoms with Gasteiger partial charge in [0.05, 0.1) is 8.07 Å². The summed E-state index contributed by atoms with van der Waals surface area (Å²) in [4.78, 5) is 12.6. The molecule has 0 N–H and O–H groups in total. The van der Waals surface area contributed by atoms with Crippen molar-refractivity contribution in [2.24, 2.45) is 11.3 Å². The van der Waals surface area contributed by atoms with Crippen LogP contribution in [0.1, 0.15) is 40.0 Å². The molecule has 2 heteroatoms. The second-order valence-corrected chi connectivity index (χ2v) is 12.7. The van der Waals surface area contributed by atoms with E-state index in [1.807, 2.05) is 0 Å². The molecule has 0 radical (unpaired) electrons. The van der Waals surface area contributed by atoms with E-state index in [4.69, 9.17) is 0 Å². The summed E-state index contributed by atoms with van der Waals surface area (Å²) >= 11 is 0. The zero-order valence-corrected chi connectivity index (χ0v) is 14.6. The summed E-state index contributed by atoms with van der Waals surface area (Å²) in [6.45, 7) is 11.6. The predicted molar refractivity (Wildman–Crippen MR) is 89.1 cm³/mol. The molecule has 2 rings (SSSR count). The van der Waals surface area contributed by atoms with Gasteiger partial charge >= 0.3 is 0 Å². The van der Waals surface area contributed by atoms with Gasteiger partial charge in [0, 0.05) is 12.3 Å². The molecule has 1 aromatic rings. The summed E-state index contributed by atoms with van der Waals surface area (Å²) in [5.41, 5.74) is 0.660. The fraction of sp³-hybridized carbons (Fsp3) is 0.611. The molecule has 0 heterocycles. The van der Waals surface area contributed by atoms with Crippen LogP contribution in [-0.2, 0) is 4.79 Å². The van der Waals surface area contributed by atoms with Crippen molar-refractivity contribution in [2.75, 3.05) is 0 Å². The molecule has 1 saturated carbocycles. The zero-order chi connectivity index (χ0) is 15.0. The summed E-state index contributed by atoms with van der Waals surface area (Å²) in [6.07, 6.45) is 3.10. The first-order valence-electron chi connectivity index (χ1n) is 7.83. The molecule has 0 bridgehead atoms. The molecule has 0 amide bonds. The maximum atomic E-state index is 12.6. The minimum Gasteiger partial charge on any atom is -0.299 e. The zero-order valence-electron chi connectivity index (χ0n) is 13.6. The van der Waals surface area contributed by atoms with E-state index in [2.05, 4.69) is 64.2 Å². The Morgan fingerprint density at radius 1 is 1.10 bits per heavy atom. The van der Waals surface area contributed by atoms with E-state index in [1.165, 1.54) is 11.6 Å². The smallest absolute Gasteiger partial charge is 0.136 e. The van der Waals surface area contributed by atoms with Gasteiger partial charge in [-0.3, -0.25) is 4.79 Å². The van der Waals surface area contributed by atoms with E-state index in [9.17, 15) is 4.79 Å². The monoisotopic (exact) mass is 288 g/mol. The second-order valence-electron chi connectivity index (χ2n) is 7.90. The van der Waals surface area contributed by atoms with E-state index in [0.717, 1.165) is 12.8 Å². The molecule has 0 spiro atoms. The summed E-state index contributed by atoms with van der Waals surface area (Å²) < 4.78 is 0. The fourth-order valence-corrected chi connectivity index (χ4v) is 7.91. The lowest BCUT2D eigenvalue weighted by Crippen LogP contribution is -2.53. The van der Waals surface area contributed by atoms with Crippen molar-refractivity contribution in [3.63, 3.8) is 0 Å². The Kier molecular flexibility index (Phi) is 4.24. The summed E-state index contributed by atoms with van der Waals surface area (Å²) in [6, 6.07) is 10.9. The van der Waals surface area contributed by atoms with Crippen molar-refractivity contribution in [1.29, 1.82) is 0 Å². The first-order valence-corrected chi connectivity index (χ1v) is 10.9. The third-order valence-electron chi connectivity index (χ3n) is 5.07. The van der Waals surface area contributed by atoms with Crippen molar-refractivity contribution in [3.05, 3.63) is 30.3 Å². The average molecular weight is 289 g/mol. The highest BCUT2D eigenvalue weighted by Gasteiger charge is 2.47. The maximum Gasteiger partial charge on any atom is 0.136 e. The van der Waals surface area contributed by atoms with Gasteiger partial charge in [0.2, 0.25) is 0 Å². The molecule has 0 saturated heterocycles. The molecule has 2 atom stereocenters. The highest BCUT2D eigenvalue weighted by molar-refractivity contribution is 6.91. The van der Waals surface area contributed by atoms with Crippen molar-refractivity contribution < 1.29 is 4.79 Å². The van der Waals surface area contributed by atoms with Gasteiger partial charge < -0.3 is 0 Å². The van der Waals surface area contributed by atoms with Crippen molar-refractivity contribution >= 4 is 19.0 Å². The second kappa shape index (κ2) is 5.48. The predicted octanol–water partition coefficient (Wildman–Crippen LogP) is 4.39. The molecule has 1 aliphatic carbocycles. The third-order valence-corrected chi connectivity index (χ3v) is 9.36. The molecule has 1 aliphatic rings. The van der Waals surface area contributed by atoms with Gasteiger partial charge in [-0.1, -0.05) is 75.8 Å². The van der Waals surface area contributed by atoms with E-state index in [-0.39, 0.29) is 11.3 Å². The van der Waals surface area contributed by atoms with Crippen LogP contribution in [0.2, 0.25) is 18.6 Å². The Morgan fingerprint density at radius 3 is 2.25 bits per heavy atom. The van der Waals surface area contributed by atoms with Crippen molar-refractivity contribution in [3.8, 4) is 0 Å². The number of hydrogen-bond donors (Lipinski definition) is 0. The van der Waals surface area contributed by atoms with Gasteiger partial charge in [0.25, 0.3) is 0 Å². The molecule has 110 valence electrons. The van der Waals surface area contributed by atoms with E-state index < -0.39 is 8.07 Å². The van der Waals surface area contributed by atoms with Crippen molar-refractivity contribution in [2.45, 2.75) is 58.7 Å². The summed E-state index contributed by atoms with van der Waals surface area (Å²) in [7, 11) is -1.61. The minimum absolute atomic E-state index is 0.0845. The van der Waals surface area contributed by atoms with Crippen LogP contribution in [0.4, 0.5) is 0 Å². The van der Waals surface area contributed by atoms with Crippen molar-refractivity contribution in [1.82, 2.24) is 0 Å². The van der Waals surface area contributed by atoms with Gasteiger partial charge in [-0.15, -0.1) is 0 Å². The largest absolute Gasteiger partial charge is 0.299 e. The first kappa shape index (κ1) is 15.5. The summed E-state index contributed by atoms with van der Waals surface area (Å²) in [5, 5.41) is 1.49. The number of rotatable bonds is 2. The Bertz CT molecular complexity index is 470. The fourth-order valence-electron chi connectivity index (χ4n) is 3.99. The Hall–Kier alpha value is -0.893. The normalized spacial score (nSPS) is 24.8. The summed E-state index contributed by atoms with van der Waals surface area (Å²) in [5.74, 6) is 0.739. The molecule has 0 aromatic heterocycles. The maximum absolute atomic E-state index is 12.6. The van der Waals surface area contributed by atoms with E-state index >= 15 is 0 Å². The van der Waals surface area contributed by atoms with Crippen LogP contribution in [0.15, 0.2) is 30.3 Å². The van der Waals surface area contributed by atoms with Crippen LogP contribution in [-0.4, -0.2) is 13.9 Å². The number of ketones is 1. The molecule has 1 aromatic carbocycles. The van der Waals surface area contributed by atoms with Crippen LogP contribution in [0.5, 0.6) is 0 Å². The standard InChI is InChI=1S/C18H28OSi/c1-18(2,3)17-15(19)12-9-13-16(17)20(4,5)14-10-7-6-8-11-14/h6-8,10-11,16-17H,9,12-13H2,1-5H3/t16-,17+/m0/s1. The lowest BCUT2D eigenvalue weighted by molar-refractivity contribution is -0.128. The lowest BCUT2D eigenvalue weighted by Gasteiger charge is -2.46.